The van der Waals surface area contributed by atoms with Crippen LogP contribution in [0.2, 0.25) is 0 Å². The van der Waals surface area contributed by atoms with E-state index in [1.54, 1.807) is 24.9 Å². The molecule has 0 bridgehead atoms. The second-order valence-electron chi connectivity index (χ2n) is 6.59. The third kappa shape index (κ3) is 5.40. The molecular formula is C22H25N3O4S. The number of ether oxygens (including phenoxy) is 2. The second-order valence-corrected chi connectivity index (χ2v) is 7.53. The van der Waals surface area contributed by atoms with E-state index in [4.69, 9.17) is 9.47 Å². The van der Waals surface area contributed by atoms with E-state index in [2.05, 4.69) is 10.3 Å². The van der Waals surface area contributed by atoms with Crippen LogP contribution in [-0.2, 0) is 22.6 Å². The van der Waals surface area contributed by atoms with Gasteiger partial charge in [-0.05, 0) is 24.6 Å². The number of fused-ring (bicyclic) bond motifs is 1. The van der Waals surface area contributed by atoms with Crippen molar-refractivity contribution in [2.45, 2.75) is 24.7 Å². The van der Waals surface area contributed by atoms with Crippen LogP contribution in [0.1, 0.15) is 12.0 Å². The Morgan fingerprint density at radius 3 is 2.70 bits per heavy atom. The van der Waals surface area contributed by atoms with Crippen LogP contribution in [0.3, 0.4) is 0 Å². The molecule has 0 atom stereocenters. The van der Waals surface area contributed by atoms with Crippen molar-refractivity contribution in [2.75, 3.05) is 26.6 Å². The van der Waals surface area contributed by atoms with Crippen molar-refractivity contribution in [3.63, 3.8) is 0 Å². The summed E-state index contributed by atoms with van der Waals surface area (Å²) in [5.74, 6) is 0.745. The fourth-order valence-corrected chi connectivity index (χ4v) is 3.90. The molecule has 1 aromatic heterocycles. The molecule has 30 heavy (non-hydrogen) atoms. The van der Waals surface area contributed by atoms with Crippen molar-refractivity contribution in [3.05, 3.63) is 64.4 Å². The van der Waals surface area contributed by atoms with Crippen LogP contribution in [0.4, 0.5) is 0 Å². The summed E-state index contributed by atoms with van der Waals surface area (Å²) < 4.78 is 12.0. The van der Waals surface area contributed by atoms with Crippen LogP contribution < -0.4 is 15.6 Å². The highest BCUT2D eigenvalue weighted by Gasteiger charge is 2.13. The van der Waals surface area contributed by atoms with Crippen LogP contribution in [0.15, 0.2) is 58.5 Å². The Labute approximate surface area is 179 Å². The first-order valence-corrected chi connectivity index (χ1v) is 10.6. The van der Waals surface area contributed by atoms with Crippen molar-refractivity contribution < 1.29 is 14.3 Å². The summed E-state index contributed by atoms with van der Waals surface area (Å²) in [6.07, 6.45) is 0.685. The molecule has 1 amide bonds. The summed E-state index contributed by atoms with van der Waals surface area (Å²) in [5.41, 5.74) is 1.43. The van der Waals surface area contributed by atoms with Gasteiger partial charge in [0.25, 0.3) is 5.56 Å². The molecule has 0 fully saturated rings. The van der Waals surface area contributed by atoms with E-state index in [0.717, 1.165) is 11.3 Å². The van der Waals surface area contributed by atoms with E-state index >= 15 is 0 Å². The predicted octanol–water partition coefficient (Wildman–Crippen LogP) is 2.85. The number of aromatic nitrogens is 2. The number of hydrogen-bond acceptors (Lipinski definition) is 6. The van der Waals surface area contributed by atoms with Crippen LogP contribution in [0, 0.1) is 0 Å². The maximum Gasteiger partial charge on any atom is 0.262 e. The third-order valence-electron chi connectivity index (χ3n) is 4.56. The van der Waals surface area contributed by atoms with E-state index < -0.39 is 0 Å². The summed E-state index contributed by atoms with van der Waals surface area (Å²) in [6, 6.07) is 14.8. The molecule has 0 aliphatic carbocycles. The van der Waals surface area contributed by atoms with Crippen LogP contribution in [0.25, 0.3) is 10.9 Å². The number of carbonyl (C=O) groups is 1. The lowest BCUT2D eigenvalue weighted by molar-refractivity contribution is -0.118. The fourth-order valence-electron chi connectivity index (χ4n) is 3.05. The maximum absolute atomic E-state index is 12.9. The molecule has 0 spiro atoms. The number of rotatable bonds is 10. The topological polar surface area (TPSA) is 82.4 Å². The Morgan fingerprint density at radius 2 is 1.90 bits per heavy atom. The zero-order chi connectivity index (χ0) is 21.3. The average Bonchev–Trinajstić information content (AvgIpc) is 2.78. The largest absolute Gasteiger partial charge is 0.496 e. The van der Waals surface area contributed by atoms with Gasteiger partial charge in [-0.3, -0.25) is 14.2 Å². The van der Waals surface area contributed by atoms with Gasteiger partial charge >= 0.3 is 0 Å². The van der Waals surface area contributed by atoms with Crippen LogP contribution in [0.5, 0.6) is 5.75 Å². The average molecular weight is 428 g/mol. The Balaban J connectivity index is 1.71. The monoisotopic (exact) mass is 427 g/mol. The minimum absolute atomic E-state index is 0.103. The third-order valence-corrected chi connectivity index (χ3v) is 5.53. The minimum Gasteiger partial charge on any atom is -0.496 e. The Hall–Kier alpha value is -2.84. The number of benzene rings is 2. The van der Waals surface area contributed by atoms with E-state index in [0.29, 0.717) is 42.2 Å². The number of hydrogen-bond donors (Lipinski definition) is 1. The van der Waals surface area contributed by atoms with Gasteiger partial charge in [0.2, 0.25) is 5.91 Å². The van der Waals surface area contributed by atoms with Gasteiger partial charge in [-0.15, -0.1) is 0 Å². The zero-order valence-electron chi connectivity index (χ0n) is 17.1. The summed E-state index contributed by atoms with van der Waals surface area (Å²) in [4.78, 5) is 29.9. The molecule has 2 aromatic carbocycles. The van der Waals surface area contributed by atoms with Gasteiger partial charge in [-0.2, -0.15) is 0 Å². The molecule has 3 aromatic rings. The zero-order valence-corrected chi connectivity index (χ0v) is 17.9. The molecular weight excluding hydrogens is 402 g/mol. The van der Waals surface area contributed by atoms with Crippen LogP contribution >= 0.6 is 11.8 Å². The summed E-state index contributed by atoms with van der Waals surface area (Å²) in [5, 5.41) is 3.99. The van der Waals surface area contributed by atoms with Crippen molar-refractivity contribution in [3.8, 4) is 5.75 Å². The SMILES string of the molecule is COCCCn1c(SCC(=O)NCc2ccccc2OC)nc2ccccc2c1=O. The number of amides is 1. The Bertz CT molecular complexity index is 1070. The van der Waals surface area contributed by atoms with E-state index in [1.807, 2.05) is 42.5 Å². The molecule has 0 radical (unpaired) electrons. The second kappa shape index (κ2) is 10.8. The van der Waals surface area contributed by atoms with Gasteiger partial charge in [0.15, 0.2) is 5.16 Å². The molecule has 0 aliphatic rings. The predicted molar refractivity (Wildman–Crippen MR) is 118 cm³/mol. The number of carbonyl (C=O) groups excluding carboxylic acids is 1. The Morgan fingerprint density at radius 1 is 1.13 bits per heavy atom. The van der Waals surface area contributed by atoms with E-state index in [-0.39, 0.29) is 17.2 Å². The van der Waals surface area contributed by atoms with Gasteiger partial charge in [-0.1, -0.05) is 42.1 Å². The maximum atomic E-state index is 12.9. The molecule has 8 heteroatoms. The highest BCUT2D eigenvalue weighted by Crippen LogP contribution is 2.19. The smallest absolute Gasteiger partial charge is 0.262 e. The van der Waals surface area contributed by atoms with Crippen molar-refractivity contribution >= 4 is 28.6 Å². The van der Waals surface area contributed by atoms with Gasteiger partial charge < -0.3 is 14.8 Å². The lowest BCUT2D eigenvalue weighted by Crippen LogP contribution is -2.27. The van der Waals surface area contributed by atoms with E-state index in [9.17, 15) is 9.59 Å². The fraction of sp³-hybridized carbons (Fsp3) is 0.318. The highest BCUT2D eigenvalue weighted by atomic mass is 32.2. The first kappa shape index (κ1) is 21.9. The van der Waals surface area contributed by atoms with Crippen LogP contribution in [-0.4, -0.2) is 42.0 Å². The highest BCUT2D eigenvalue weighted by molar-refractivity contribution is 7.99. The molecule has 0 saturated carbocycles. The number of methoxy groups -OCH3 is 2. The molecule has 0 saturated heterocycles. The first-order chi connectivity index (χ1) is 14.6. The molecule has 0 aliphatic heterocycles. The standard InChI is InChI=1S/C22H25N3O4S/c1-28-13-7-12-25-21(27)17-9-4-5-10-18(17)24-22(25)30-15-20(26)23-14-16-8-3-6-11-19(16)29-2/h3-6,8-11H,7,12-15H2,1-2H3,(H,23,26). The number of nitrogens with one attached hydrogen (secondary N) is 1. The molecule has 1 N–H and O–H groups in total. The van der Waals surface area contributed by atoms with Crippen molar-refractivity contribution in [2.24, 2.45) is 0 Å². The molecule has 158 valence electrons. The summed E-state index contributed by atoms with van der Waals surface area (Å²) in [6.45, 7) is 1.40. The Kier molecular flexibility index (Phi) is 7.87. The lowest BCUT2D eigenvalue weighted by Gasteiger charge is -2.13. The molecule has 0 unspecified atom stereocenters. The molecule has 3 rings (SSSR count). The normalized spacial score (nSPS) is 10.9. The van der Waals surface area contributed by atoms with E-state index in [1.165, 1.54) is 11.8 Å². The van der Waals surface area contributed by atoms with Gasteiger partial charge in [0, 0.05) is 32.4 Å². The summed E-state index contributed by atoms with van der Waals surface area (Å²) in [7, 11) is 3.23. The molecule has 1 heterocycles. The van der Waals surface area contributed by atoms with Gasteiger partial charge in [0.1, 0.15) is 5.75 Å². The number of para-hydroxylation sites is 2. The van der Waals surface area contributed by atoms with Crippen molar-refractivity contribution in [1.29, 1.82) is 0 Å². The number of thioether (sulfide) groups is 1. The lowest BCUT2D eigenvalue weighted by atomic mass is 10.2. The first-order valence-electron chi connectivity index (χ1n) is 9.64. The number of nitrogens with zero attached hydrogens (tertiary/aromatic N) is 2. The minimum atomic E-state index is -0.142. The van der Waals surface area contributed by atoms with Crippen molar-refractivity contribution in [1.82, 2.24) is 14.9 Å². The quantitative estimate of drug-likeness (QED) is 0.304. The molecule has 7 nitrogen and oxygen atoms in total. The summed E-state index contributed by atoms with van der Waals surface area (Å²) >= 11 is 1.26. The van der Waals surface area contributed by atoms with Gasteiger partial charge in [-0.25, -0.2) is 4.98 Å². The van der Waals surface area contributed by atoms with Gasteiger partial charge in [0.05, 0.1) is 23.8 Å².